The molecular formula is C15H21N3O3. The van der Waals surface area contributed by atoms with Crippen LogP contribution in [0.2, 0.25) is 0 Å². The summed E-state index contributed by atoms with van der Waals surface area (Å²) < 4.78 is 10.5. The van der Waals surface area contributed by atoms with E-state index < -0.39 is 5.92 Å². The molecule has 0 aliphatic rings. The van der Waals surface area contributed by atoms with Crippen molar-refractivity contribution >= 4 is 17.1 Å². The Kier molecular flexibility index (Phi) is 4.77. The van der Waals surface area contributed by atoms with Crippen LogP contribution in [-0.4, -0.2) is 34.1 Å². The van der Waals surface area contributed by atoms with Gasteiger partial charge in [0.05, 0.1) is 18.7 Å². The molecule has 2 rings (SSSR count). The van der Waals surface area contributed by atoms with Crippen molar-refractivity contribution in [2.24, 2.45) is 5.92 Å². The molecule has 2 aromatic heterocycles. The molecule has 0 radical (unpaired) electrons. The molecule has 0 spiro atoms. The van der Waals surface area contributed by atoms with Crippen LogP contribution in [0.15, 0.2) is 12.1 Å². The summed E-state index contributed by atoms with van der Waals surface area (Å²) in [5.41, 5.74) is 1.33. The van der Waals surface area contributed by atoms with Crippen LogP contribution < -0.4 is 4.74 Å². The smallest absolute Gasteiger partial charge is 0.316 e. The lowest BCUT2D eigenvalue weighted by Gasteiger charge is -2.16. The number of carbonyl (C=O) groups is 1. The minimum atomic E-state index is -0.422. The predicted octanol–water partition coefficient (Wildman–Crippen LogP) is 2.66. The van der Waals surface area contributed by atoms with Crippen LogP contribution in [0.4, 0.5) is 0 Å². The number of hydrogen-bond acceptors (Lipinski definition) is 5. The molecule has 0 amide bonds. The Labute approximate surface area is 123 Å². The van der Waals surface area contributed by atoms with Crippen molar-refractivity contribution in [1.82, 2.24) is 15.0 Å². The number of H-pyrrole nitrogens is 1. The quantitative estimate of drug-likeness (QED) is 0.828. The van der Waals surface area contributed by atoms with E-state index >= 15 is 0 Å². The zero-order valence-electron chi connectivity index (χ0n) is 12.8. The number of ether oxygens (including phenoxy) is 2. The average Bonchev–Trinajstić information content (AvgIpc) is 2.81. The number of pyridine rings is 1. The molecule has 1 N–H and O–H groups in total. The molecule has 0 fully saturated rings. The fourth-order valence-corrected chi connectivity index (χ4v) is 2.20. The molecule has 21 heavy (non-hydrogen) atoms. The maximum Gasteiger partial charge on any atom is 0.316 e. The van der Waals surface area contributed by atoms with Crippen LogP contribution in [-0.2, 0) is 9.53 Å². The Balaban J connectivity index is 2.37. The van der Waals surface area contributed by atoms with E-state index in [-0.39, 0.29) is 11.9 Å². The number of esters is 1. The lowest BCUT2D eigenvalue weighted by Crippen LogP contribution is -2.22. The number of carbonyl (C=O) groups excluding carboxylic acids is 1. The van der Waals surface area contributed by atoms with E-state index in [4.69, 9.17) is 9.47 Å². The Bertz CT molecular complexity index is 622. The minimum Gasteiger partial charge on any atom is -0.478 e. The molecule has 6 nitrogen and oxygen atoms in total. The lowest BCUT2D eigenvalue weighted by atomic mass is 9.95. The number of aromatic amines is 1. The maximum atomic E-state index is 12.1. The van der Waals surface area contributed by atoms with E-state index in [2.05, 4.69) is 15.0 Å². The molecular weight excluding hydrogens is 270 g/mol. The van der Waals surface area contributed by atoms with Crippen LogP contribution in [0, 0.1) is 5.92 Å². The second-order valence-corrected chi connectivity index (χ2v) is 5.05. The van der Waals surface area contributed by atoms with Gasteiger partial charge in [-0.3, -0.25) is 4.79 Å². The fraction of sp³-hybridized carbons (Fsp3) is 0.533. The van der Waals surface area contributed by atoms with Crippen molar-refractivity contribution in [2.45, 2.75) is 33.6 Å². The summed E-state index contributed by atoms with van der Waals surface area (Å²) in [5, 5.41) is 0. The standard InChI is InChI=1S/C15H21N3O3/c1-5-20-11-8-7-10-13(17-11)18-14(16-10)12(9(3)4)15(19)21-6-2/h7-9,12H,5-6H2,1-4H3,(H,16,17,18). The summed E-state index contributed by atoms with van der Waals surface area (Å²) in [4.78, 5) is 24.0. The van der Waals surface area contributed by atoms with Crippen molar-refractivity contribution in [3.8, 4) is 5.88 Å². The highest BCUT2D eigenvalue weighted by Crippen LogP contribution is 2.26. The zero-order chi connectivity index (χ0) is 15.4. The number of rotatable bonds is 6. The first-order chi connectivity index (χ1) is 10.1. The van der Waals surface area contributed by atoms with Crippen LogP contribution in [0.3, 0.4) is 0 Å². The van der Waals surface area contributed by atoms with E-state index in [1.807, 2.05) is 26.8 Å². The lowest BCUT2D eigenvalue weighted by molar-refractivity contribution is -0.146. The van der Waals surface area contributed by atoms with Gasteiger partial charge in [-0.15, -0.1) is 0 Å². The highest BCUT2D eigenvalue weighted by Gasteiger charge is 2.28. The summed E-state index contributed by atoms with van der Waals surface area (Å²) >= 11 is 0. The molecule has 0 saturated carbocycles. The molecule has 0 aromatic carbocycles. The van der Waals surface area contributed by atoms with Gasteiger partial charge in [0.1, 0.15) is 11.7 Å². The minimum absolute atomic E-state index is 0.0796. The first kappa shape index (κ1) is 15.3. The number of nitrogens with one attached hydrogen (secondary N) is 1. The van der Waals surface area contributed by atoms with Crippen molar-refractivity contribution in [3.63, 3.8) is 0 Å². The Hall–Kier alpha value is -2.11. The van der Waals surface area contributed by atoms with E-state index in [9.17, 15) is 4.79 Å². The van der Waals surface area contributed by atoms with Crippen LogP contribution in [0.5, 0.6) is 5.88 Å². The molecule has 0 bridgehead atoms. The van der Waals surface area contributed by atoms with Gasteiger partial charge in [-0.1, -0.05) is 13.8 Å². The first-order valence-corrected chi connectivity index (χ1v) is 7.22. The summed E-state index contributed by atoms with van der Waals surface area (Å²) in [6.07, 6.45) is 0. The molecule has 0 aliphatic heterocycles. The molecule has 0 saturated heterocycles. The summed E-state index contributed by atoms with van der Waals surface area (Å²) in [6.45, 7) is 8.53. The fourth-order valence-electron chi connectivity index (χ4n) is 2.20. The molecule has 1 unspecified atom stereocenters. The van der Waals surface area contributed by atoms with Gasteiger partial charge in [-0.25, -0.2) is 4.98 Å². The van der Waals surface area contributed by atoms with Crippen LogP contribution >= 0.6 is 0 Å². The van der Waals surface area contributed by atoms with Crippen molar-refractivity contribution < 1.29 is 14.3 Å². The van der Waals surface area contributed by atoms with Gasteiger partial charge in [0.25, 0.3) is 0 Å². The number of nitrogens with zero attached hydrogens (tertiary/aromatic N) is 2. The Morgan fingerprint density at radius 2 is 2.00 bits per heavy atom. The van der Waals surface area contributed by atoms with Gasteiger partial charge in [0.15, 0.2) is 5.65 Å². The third-order valence-corrected chi connectivity index (χ3v) is 3.13. The highest BCUT2D eigenvalue weighted by atomic mass is 16.5. The third-order valence-electron chi connectivity index (χ3n) is 3.13. The van der Waals surface area contributed by atoms with Gasteiger partial charge in [0.2, 0.25) is 5.88 Å². The third kappa shape index (κ3) is 3.32. The molecule has 114 valence electrons. The SMILES string of the molecule is CCOC(=O)C(c1nc2nc(OCC)ccc2[nH]1)C(C)C. The summed E-state index contributed by atoms with van der Waals surface area (Å²) in [6, 6.07) is 3.63. The van der Waals surface area contributed by atoms with Crippen molar-refractivity contribution in [2.75, 3.05) is 13.2 Å². The number of imidazole rings is 1. The largest absolute Gasteiger partial charge is 0.478 e. The summed E-state index contributed by atoms with van der Waals surface area (Å²) in [7, 11) is 0. The van der Waals surface area contributed by atoms with Crippen LogP contribution in [0.25, 0.3) is 11.2 Å². The number of fused-ring (bicyclic) bond motifs is 1. The zero-order valence-corrected chi connectivity index (χ0v) is 12.8. The molecule has 2 aromatic rings. The highest BCUT2D eigenvalue weighted by molar-refractivity contribution is 5.79. The second-order valence-electron chi connectivity index (χ2n) is 5.05. The number of aromatic nitrogens is 3. The molecule has 1 atom stereocenters. The van der Waals surface area contributed by atoms with Crippen molar-refractivity contribution in [1.29, 1.82) is 0 Å². The van der Waals surface area contributed by atoms with Crippen LogP contribution in [0.1, 0.15) is 39.4 Å². The first-order valence-electron chi connectivity index (χ1n) is 7.22. The molecule has 0 aliphatic carbocycles. The summed E-state index contributed by atoms with van der Waals surface area (Å²) in [5.74, 6) is 0.502. The molecule has 2 heterocycles. The monoisotopic (exact) mass is 291 g/mol. The Morgan fingerprint density at radius 1 is 1.24 bits per heavy atom. The average molecular weight is 291 g/mol. The van der Waals surface area contributed by atoms with E-state index in [0.717, 1.165) is 5.52 Å². The van der Waals surface area contributed by atoms with Gasteiger partial charge in [0, 0.05) is 6.07 Å². The van der Waals surface area contributed by atoms with Gasteiger partial charge in [-0.2, -0.15) is 4.98 Å². The van der Waals surface area contributed by atoms with E-state index in [0.29, 0.717) is 30.6 Å². The van der Waals surface area contributed by atoms with Gasteiger partial charge < -0.3 is 14.5 Å². The second kappa shape index (κ2) is 6.56. The Morgan fingerprint density at radius 3 is 2.62 bits per heavy atom. The van der Waals surface area contributed by atoms with E-state index in [1.54, 1.807) is 13.0 Å². The molecule has 6 heteroatoms. The normalized spacial score (nSPS) is 12.6. The maximum absolute atomic E-state index is 12.1. The van der Waals surface area contributed by atoms with E-state index in [1.165, 1.54) is 0 Å². The number of hydrogen-bond donors (Lipinski definition) is 1. The topological polar surface area (TPSA) is 77.1 Å². The van der Waals surface area contributed by atoms with Gasteiger partial charge in [-0.05, 0) is 25.8 Å². The van der Waals surface area contributed by atoms with Crippen molar-refractivity contribution in [3.05, 3.63) is 18.0 Å². The van der Waals surface area contributed by atoms with Gasteiger partial charge >= 0.3 is 5.97 Å². The predicted molar refractivity (Wildman–Crippen MR) is 79.3 cm³/mol.